The number of nitrogens with one attached hydrogen (secondary N) is 1. The molecule has 0 bridgehead atoms. The van der Waals surface area contributed by atoms with Gasteiger partial charge >= 0.3 is 0 Å². The van der Waals surface area contributed by atoms with Crippen LogP contribution >= 0.6 is 11.6 Å². The average molecular weight is 252 g/mol. The number of rotatable bonds is 2. The number of aryl methyl sites for hydroxylation is 1. The minimum absolute atomic E-state index is 0.300. The summed E-state index contributed by atoms with van der Waals surface area (Å²) >= 11 is 5.75. The van der Waals surface area contributed by atoms with E-state index in [2.05, 4.69) is 10.3 Å². The van der Waals surface area contributed by atoms with Crippen molar-refractivity contribution in [3.05, 3.63) is 46.9 Å². The molecule has 0 atom stereocenters. The SMILES string of the molecule is Cc1ccc(Nc2nc(Cl)ccc2N)c(F)c1. The molecular weight excluding hydrogens is 241 g/mol. The summed E-state index contributed by atoms with van der Waals surface area (Å²) in [5.74, 6) is -0.00794. The van der Waals surface area contributed by atoms with Crippen molar-refractivity contribution in [2.45, 2.75) is 6.92 Å². The predicted octanol–water partition coefficient (Wildman–Crippen LogP) is 3.51. The first kappa shape index (κ1) is 11.7. The highest BCUT2D eigenvalue weighted by molar-refractivity contribution is 6.29. The number of hydrogen-bond acceptors (Lipinski definition) is 3. The smallest absolute Gasteiger partial charge is 0.155 e. The number of anilines is 3. The third-order valence-electron chi connectivity index (χ3n) is 2.27. The Morgan fingerprint density at radius 2 is 2.06 bits per heavy atom. The molecule has 3 N–H and O–H groups in total. The summed E-state index contributed by atoms with van der Waals surface area (Å²) < 4.78 is 13.6. The van der Waals surface area contributed by atoms with Crippen molar-refractivity contribution in [3.63, 3.8) is 0 Å². The highest BCUT2D eigenvalue weighted by Crippen LogP contribution is 2.24. The van der Waals surface area contributed by atoms with Crippen LogP contribution in [0.2, 0.25) is 5.15 Å². The first-order valence-electron chi connectivity index (χ1n) is 5.01. The number of nitrogens with zero attached hydrogens (tertiary/aromatic N) is 1. The molecule has 0 aliphatic heterocycles. The molecule has 0 fully saturated rings. The Hall–Kier alpha value is -1.81. The maximum absolute atomic E-state index is 13.6. The van der Waals surface area contributed by atoms with E-state index in [-0.39, 0.29) is 5.82 Å². The van der Waals surface area contributed by atoms with Crippen molar-refractivity contribution in [1.29, 1.82) is 0 Å². The second kappa shape index (κ2) is 4.59. The highest BCUT2D eigenvalue weighted by atomic mass is 35.5. The predicted molar refractivity (Wildman–Crippen MR) is 68.1 cm³/mol. The molecule has 0 unspecified atom stereocenters. The number of nitrogen functional groups attached to an aromatic ring is 1. The molecule has 0 amide bonds. The zero-order chi connectivity index (χ0) is 12.4. The van der Waals surface area contributed by atoms with Crippen LogP contribution in [0.15, 0.2) is 30.3 Å². The lowest BCUT2D eigenvalue weighted by Crippen LogP contribution is -2.01. The van der Waals surface area contributed by atoms with Crippen LogP contribution in [0.25, 0.3) is 0 Å². The van der Waals surface area contributed by atoms with Crippen molar-refractivity contribution < 1.29 is 4.39 Å². The number of benzene rings is 1. The molecule has 5 heteroatoms. The molecule has 3 nitrogen and oxygen atoms in total. The molecule has 0 saturated heterocycles. The lowest BCUT2D eigenvalue weighted by atomic mass is 10.2. The normalized spacial score (nSPS) is 10.3. The summed E-state index contributed by atoms with van der Waals surface area (Å²) in [6, 6.07) is 8.05. The summed E-state index contributed by atoms with van der Waals surface area (Å²) in [6.07, 6.45) is 0. The van der Waals surface area contributed by atoms with E-state index in [4.69, 9.17) is 17.3 Å². The van der Waals surface area contributed by atoms with Crippen LogP contribution in [0, 0.1) is 12.7 Å². The van der Waals surface area contributed by atoms with Gasteiger partial charge in [0.1, 0.15) is 11.0 Å². The molecule has 0 aliphatic carbocycles. The summed E-state index contributed by atoms with van der Waals surface area (Å²) in [5, 5.41) is 3.11. The van der Waals surface area contributed by atoms with E-state index in [1.54, 1.807) is 24.3 Å². The number of nitrogens with two attached hydrogens (primary N) is 1. The van der Waals surface area contributed by atoms with Crippen molar-refractivity contribution in [2.75, 3.05) is 11.1 Å². The highest BCUT2D eigenvalue weighted by Gasteiger charge is 2.06. The number of halogens is 2. The van der Waals surface area contributed by atoms with Gasteiger partial charge in [0.05, 0.1) is 11.4 Å². The van der Waals surface area contributed by atoms with E-state index < -0.39 is 0 Å². The van der Waals surface area contributed by atoms with E-state index in [1.165, 1.54) is 6.07 Å². The van der Waals surface area contributed by atoms with Gasteiger partial charge in [-0.1, -0.05) is 17.7 Å². The average Bonchev–Trinajstić information content (AvgIpc) is 2.27. The van der Waals surface area contributed by atoms with E-state index >= 15 is 0 Å². The van der Waals surface area contributed by atoms with E-state index in [9.17, 15) is 4.39 Å². The first-order valence-corrected chi connectivity index (χ1v) is 5.39. The van der Waals surface area contributed by atoms with Gasteiger partial charge in [-0.2, -0.15) is 0 Å². The fraction of sp³-hybridized carbons (Fsp3) is 0.0833. The quantitative estimate of drug-likeness (QED) is 0.803. The van der Waals surface area contributed by atoms with Crippen LogP contribution < -0.4 is 11.1 Å². The maximum atomic E-state index is 13.6. The minimum atomic E-state index is -0.355. The fourth-order valence-electron chi connectivity index (χ4n) is 1.40. The summed E-state index contributed by atoms with van der Waals surface area (Å²) in [5.41, 5.74) is 7.29. The zero-order valence-electron chi connectivity index (χ0n) is 9.17. The molecule has 1 heterocycles. The molecule has 2 rings (SSSR count). The molecule has 0 spiro atoms. The first-order chi connectivity index (χ1) is 8.06. The molecule has 1 aromatic heterocycles. The fourth-order valence-corrected chi connectivity index (χ4v) is 1.54. The molecule has 2 aromatic rings. The Morgan fingerprint density at radius 1 is 1.29 bits per heavy atom. The van der Waals surface area contributed by atoms with Gasteiger partial charge in [-0.05, 0) is 36.8 Å². The number of pyridine rings is 1. The Balaban J connectivity index is 2.34. The lowest BCUT2D eigenvalue weighted by molar-refractivity contribution is 0.630. The van der Waals surface area contributed by atoms with Crippen molar-refractivity contribution >= 4 is 28.8 Å². The van der Waals surface area contributed by atoms with Crippen molar-refractivity contribution in [2.24, 2.45) is 0 Å². The third-order valence-corrected chi connectivity index (χ3v) is 2.48. The Morgan fingerprint density at radius 3 is 2.76 bits per heavy atom. The molecule has 0 radical (unpaired) electrons. The second-order valence-corrected chi connectivity index (χ2v) is 4.07. The molecule has 88 valence electrons. The zero-order valence-corrected chi connectivity index (χ0v) is 9.92. The topological polar surface area (TPSA) is 50.9 Å². The van der Waals surface area contributed by atoms with Crippen LogP contribution in [0.4, 0.5) is 21.6 Å². The van der Waals surface area contributed by atoms with Gasteiger partial charge in [-0.25, -0.2) is 9.37 Å². The van der Waals surface area contributed by atoms with Crippen molar-refractivity contribution in [3.8, 4) is 0 Å². The van der Waals surface area contributed by atoms with Crippen molar-refractivity contribution in [1.82, 2.24) is 4.98 Å². The maximum Gasteiger partial charge on any atom is 0.155 e. The van der Waals surface area contributed by atoms with Gasteiger partial charge < -0.3 is 11.1 Å². The molecule has 0 saturated carbocycles. The van der Waals surface area contributed by atoms with E-state index in [0.29, 0.717) is 22.3 Å². The third kappa shape index (κ3) is 2.65. The van der Waals surface area contributed by atoms with Crippen LogP contribution in [-0.2, 0) is 0 Å². The monoisotopic (exact) mass is 251 g/mol. The summed E-state index contributed by atoms with van der Waals surface area (Å²) in [7, 11) is 0. The molecule has 0 aliphatic rings. The Labute approximate surface area is 103 Å². The molecule has 17 heavy (non-hydrogen) atoms. The van der Waals surface area contributed by atoms with Crippen LogP contribution in [-0.4, -0.2) is 4.98 Å². The molecule has 1 aromatic carbocycles. The van der Waals surface area contributed by atoms with Gasteiger partial charge in [0, 0.05) is 0 Å². The second-order valence-electron chi connectivity index (χ2n) is 3.68. The van der Waals surface area contributed by atoms with E-state index in [0.717, 1.165) is 5.56 Å². The summed E-state index contributed by atoms with van der Waals surface area (Å²) in [6.45, 7) is 1.82. The van der Waals surface area contributed by atoms with E-state index in [1.807, 2.05) is 6.92 Å². The molecular formula is C12H11ClFN3. The van der Waals surface area contributed by atoms with Crippen LogP contribution in [0.5, 0.6) is 0 Å². The van der Waals surface area contributed by atoms with Gasteiger partial charge in [-0.3, -0.25) is 0 Å². The Bertz CT molecular complexity index is 557. The minimum Gasteiger partial charge on any atom is -0.396 e. The van der Waals surface area contributed by atoms with Crippen LogP contribution in [0.1, 0.15) is 5.56 Å². The van der Waals surface area contributed by atoms with Gasteiger partial charge in [0.15, 0.2) is 5.82 Å². The van der Waals surface area contributed by atoms with Gasteiger partial charge in [0.25, 0.3) is 0 Å². The largest absolute Gasteiger partial charge is 0.396 e. The standard InChI is InChI=1S/C12H11ClFN3/c1-7-2-4-10(8(14)6-7)16-12-9(15)3-5-11(13)17-12/h2-6H,15H2,1H3,(H,16,17). The van der Waals surface area contributed by atoms with Gasteiger partial charge in [-0.15, -0.1) is 0 Å². The lowest BCUT2D eigenvalue weighted by Gasteiger charge is -2.09. The Kier molecular flexibility index (Phi) is 3.15. The number of aromatic nitrogens is 1. The van der Waals surface area contributed by atoms with Crippen LogP contribution in [0.3, 0.4) is 0 Å². The summed E-state index contributed by atoms with van der Waals surface area (Å²) in [4.78, 5) is 3.99. The number of hydrogen-bond donors (Lipinski definition) is 2. The van der Waals surface area contributed by atoms with Gasteiger partial charge in [0.2, 0.25) is 0 Å².